The van der Waals surface area contributed by atoms with Crippen LogP contribution in [0.25, 0.3) is 0 Å². The van der Waals surface area contributed by atoms with Crippen LogP contribution in [-0.4, -0.2) is 28.9 Å². The molecule has 0 radical (unpaired) electrons. The van der Waals surface area contributed by atoms with E-state index in [1.165, 1.54) is 0 Å². The zero-order chi connectivity index (χ0) is 15.2. The van der Waals surface area contributed by atoms with Crippen LogP contribution >= 0.6 is 23.2 Å². The van der Waals surface area contributed by atoms with Gasteiger partial charge in [0, 0.05) is 31.0 Å². The van der Waals surface area contributed by atoms with Crippen molar-refractivity contribution >= 4 is 29.1 Å². The first-order chi connectivity index (χ1) is 10.1. The van der Waals surface area contributed by atoms with Crippen LogP contribution in [0.5, 0.6) is 0 Å². The van der Waals surface area contributed by atoms with Gasteiger partial charge in [-0.25, -0.2) is 0 Å². The lowest BCUT2D eigenvalue weighted by atomic mass is 10.1. The van der Waals surface area contributed by atoms with Gasteiger partial charge in [-0.2, -0.15) is 0 Å². The molecule has 0 fully saturated rings. The lowest BCUT2D eigenvalue weighted by molar-refractivity contribution is 0.0766. The molecule has 0 bridgehead atoms. The van der Waals surface area contributed by atoms with Gasteiger partial charge in [0.05, 0.1) is 10.0 Å². The summed E-state index contributed by atoms with van der Waals surface area (Å²) in [5.41, 5.74) is 1.71. The lowest BCUT2D eigenvalue weighted by Gasteiger charge is -2.21. The number of rotatable bonds is 5. The van der Waals surface area contributed by atoms with Crippen molar-refractivity contribution in [2.75, 3.05) is 13.1 Å². The van der Waals surface area contributed by atoms with E-state index >= 15 is 0 Å². The zero-order valence-electron chi connectivity index (χ0n) is 11.7. The van der Waals surface area contributed by atoms with Crippen LogP contribution < -0.4 is 0 Å². The number of aromatic nitrogens is 1. The molecule has 0 atom stereocenters. The summed E-state index contributed by atoms with van der Waals surface area (Å²) in [4.78, 5) is 18.2. The summed E-state index contributed by atoms with van der Waals surface area (Å²) >= 11 is 11.8. The summed E-state index contributed by atoms with van der Waals surface area (Å²) in [5.74, 6) is -0.0369. The Kier molecular flexibility index (Phi) is 5.59. The number of likely N-dealkylation sites (N-methyl/N-ethyl adjacent to an activating group) is 1. The molecule has 0 aliphatic heterocycles. The van der Waals surface area contributed by atoms with Crippen LogP contribution in [0.4, 0.5) is 0 Å². The molecule has 0 N–H and O–H groups in total. The fraction of sp³-hybridized carbons (Fsp3) is 0.250. The topological polar surface area (TPSA) is 33.2 Å². The van der Waals surface area contributed by atoms with Crippen LogP contribution in [0.3, 0.4) is 0 Å². The van der Waals surface area contributed by atoms with E-state index in [2.05, 4.69) is 4.98 Å². The van der Waals surface area contributed by atoms with Crippen LogP contribution in [0.2, 0.25) is 10.0 Å². The van der Waals surface area contributed by atoms with E-state index in [0.29, 0.717) is 28.7 Å². The Bertz CT molecular complexity index is 617. The van der Waals surface area contributed by atoms with E-state index in [-0.39, 0.29) is 5.91 Å². The molecule has 2 rings (SSSR count). The summed E-state index contributed by atoms with van der Waals surface area (Å²) < 4.78 is 0. The fourth-order valence-electron chi connectivity index (χ4n) is 2.03. The van der Waals surface area contributed by atoms with Gasteiger partial charge in [-0.1, -0.05) is 23.2 Å². The molecule has 0 saturated carbocycles. The zero-order valence-corrected chi connectivity index (χ0v) is 13.2. The third-order valence-electron chi connectivity index (χ3n) is 3.26. The predicted molar refractivity (Wildman–Crippen MR) is 86.0 cm³/mol. The maximum absolute atomic E-state index is 12.5. The van der Waals surface area contributed by atoms with E-state index in [1.54, 1.807) is 35.5 Å². The molecule has 1 aromatic carbocycles. The predicted octanol–water partition coefficient (Wildman–Crippen LogP) is 4.09. The third-order valence-corrected chi connectivity index (χ3v) is 3.99. The number of amides is 1. The molecule has 2 aromatic rings. The minimum atomic E-state index is -0.0369. The molecule has 0 spiro atoms. The number of hydrogen-bond donors (Lipinski definition) is 0. The molecule has 5 heteroatoms. The van der Waals surface area contributed by atoms with Crippen molar-refractivity contribution < 1.29 is 4.79 Å². The van der Waals surface area contributed by atoms with Gasteiger partial charge in [0.15, 0.2) is 0 Å². The molecular formula is C16H16Cl2N2O. The highest BCUT2D eigenvalue weighted by atomic mass is 35.5. The van der Waals surface area contributed by atoms with Gasteiger partial charge in [-0.05, 0) is 49.2 Å². The molecule has 0 aliphatic rings. The Morgan fingerprint density at radius 2 is 1.86 bits per heavy atom. The van der Waals surface area contributed by atoms with Gasteiger partial charge in [-0.15, -0.1) is 0 Å². The Morgan fingerprint density at radius 3 is 2.48 bits per heavy atom. The third kappa shape index (κ3) is 4.19. The average molecular weight is 323 g/mol. The van der Waals surface area contributed by atoms with Crippen molar-refractivity contribution in [2.45, 2.75) is 13.3 Å². The minimum absolute atomic E-state index is 0.0369. The van der Waals surface area contributed by atoms with Crippen LogP contribution in [0, 0.1) is 0 Å². The van der Waals surface area contributed by atoms with Crippen molar-refractivity contribution in [3.05, 3.63) is 63.9 Å². The second-order valence-electron chi connectivity index (χ2n) is 4.62. The number of carbonyl (C=O) groups is 1. The Hall–Kier alpha value is -1.58. The SMILES string of the molecule is CCN(CCc1ccncc1)C(=O)c1ccc(Cl)c(Cl)c1. The Morgan fingerprint density at radius 1 is 1.14 bits per heavy atom. The summed E-state index contributed by atoms with van der Waals surface area (Å²) in [6, 6.07) is 8.87. The molecule has 0 unspecified atom stereocenters. The molecule has 21 heavy (non-hydrogen) atoms. The molecular weight excluding hydrogens is 307 g/mol. The van der Waals surface area contributed by atoms with Gasteiger partial charge >= 0.3 is 0 Å². The molecule has 1 aromatic heterocycles. The van der Waals surface area contributed by atoms with Gasteiger partial charge in [0.1, 0.15) is 0 Å². The monoisotopic (exact) mass is 322 g/mol. The average Bonchev–Trinajstić information content (AvgIpc) is 2.51. The van der Waals surface area contributed by atoms with Crippen molar-refractivity contribution in [1.82, 2.24) is 9.88 Å². The number of benzene rings is 1. The van der Waals surface area contributed by atoms with Gasteiger partial charge < -0.3 is 4.90 Å². The van der Waals surface area contributed by atoms with E-state index < -0.39 is 0 Å². The van der Waals surface area contributed by atoms with Crippen molar-refractivity contribution in [2.24, 2.45) is 0 Å². The maximum atomic E-state index is 12.5. The standard InChI is InChI=1S/C16H16Cl2N2O/c1-2-20(10-7-12-5-8-19-9-6-12)16(21)13-3-4-14(17)15(18)11-13/h3-6,8-9,11H,2,7,10H2,1H3. The fourth-order valence-corrected chi connectivity index (χ4v) is 2.33. The normalized spacial score (nSPS) is 10.4. The summed E-state index contributed by atoms with van der Waals surface area (Å²) in [6.07, 6.45) is 4.31. The summed E-state index contributed by atoms with van der Waals surface area (Å²) in [5, 5.41) is 0.848. The molecule has 3 nitrogen and oxygen atoms in total. The van der Waals surface area contributed by atoms with E-state index in [0.717, 1.165) is 12.0 Å². The quantitative estimate of drug-likeness (QED) is 0.830. The lowest BCUT2D eigenvalue weighted by Crippen LogP contribution is -2.32. The Labute approximate surface area is 134 Å². The minimum Gasteiger partial charge on any atom is -0.339 e. The van der Waals surface area contributed by atoms with Gasteiger partial charge in [0.25, 0.3) is 5.91 Å². The number of pyridine rings is 1. The van der Waals surface area contributed by atoms with E-state index in [1.807, 2.05) is 19.1 Å². The van der Waals surface area contributed by atoms with Crippen LogP contribution in [0.1, 0.15) is 22.8 Å². The highest BCUT2D eigenvalue weighted by Crippen LogP contribution is 2.23. The second kappa shape index (κ2) is 7.43. The van der Waals surface area contributed by atoms with Crippen molar-refractivity contribution in [1.29, 1.82) is 0 Å². The number of hydrogen-bond acceptors (Lipinski definition) is 2. The largest absolute Gasteiger partial charge is 0.339 e. The Balaban J connectivity index is 2.06. The number of nitrogens with zero attached hydrogens (tertiary/aromatic N) is 2. The molecule has 0 aliphatic carbocycles. The van der Waals surface area contributed by atoms with Gasteiger partial charge in [0.2, 0.25) is 0 Å². The van der Waals surface area contributed by atoms with E-state index in [4.69, 9.17) is 23.2 Å². The summed E-state index contributed by atoms with van der Waals surface area (Å²) in [7, 11) is 0. The van der Waals surface area contributed by atoms with Gasteiger partial charge in [-0.3, -0.25) is 9.78 Å². The van der Waals surface area contributed by atoms with E-state index in [9.17, 15) is 4.79 Å². The highest BCUT2D eigenvalue weighted by molar-refractivity contribution is 6.42. The van der Waals surface area contributed by atoms with Crippen LogP contribution in [0.15, 0.2) is 42.7 Å². The summed E-state index contributed by atoms with van der Waals surface area (Å²) in [6.45, 7) is 3.26. The first-order valence-corrected chi connectivity index (χ1v) is 7.50. The van der Waals surface area contributed by atoms with Crippen molar-refractivity contribution in [3.63, 3.8) is 0 Å². The van der Waals surface area contributed by atoms with Crippen molar-refractivity contribution in [3.8, 4) is 0 Å². The highest BCUT2D eigenvalue weighted by Gasteiger charge is 2.15. The number of carbonyl (C=O) groups excluding carboxylic acids is 1. The first-order valence-electron chi connectivity index (χ1n) is 6.75. The molecule has 1 amide bonds. The maximum Gasteiger partial charge on any atom is 0.253 e. The first kappa shape index (κ1) is 15.8. The smallest absolute Gasteiger partial charge is 0.253 e. The molecule has 0 saturated heterocycles. The van der Waals surface area contributed by atoms with Crippen LogP contribution in [-0.2, 0) is 6.42 Å². The molecule has 1 heterocycles. The molecule has 110 valence electrons. The number of halogens is 2. The second-order valence-corrected chi connectivity index (χ2v) is 5.43.